The molecule has 0 saturated carbocycles. The summed E-state index contributed by atoms with van der Waals surface area (Å²) in [6.45, 7) is 0.135. The van der Waals surface area contributed by atoms with Gasteiger partial charge in [-0.3, -0.25) is 4.79 Å². The maximum absolute atomic E-state index is 13.4. The lowest BCUT2D eigenvalue weighted by atomic mass is 10.2. The third kappa shape index (κ3) is 4.72. The first-order valence-electron chi connectivity index (χ1n) is 6.14. The molecule has 2 nitrogen and oxygen atoms in total. The standard InChI is InChI=1S/C15H12ClF2NOS/c16-12-7-11(5-6-14(12)18)21-9-15(20)19-8-10-3-1-2-4-13(10)17/h1-7H,8-9H2,(H,19,20). The largest absolute Gasteiger partial charge is 0.351 e. The van der Waals surface area contributed by atoms with E-state index in [1.54, 1.807) is 24.3 Å². The van der Waals surface area contributed by atoms with Gasteiger partial charge < -0.3 is 5.32 Å². The number of amides is 1. The van der Waals surface area contributed by atoms with E-state index in [1.165, 1.54) is 30.0 Å². The lowest BCUT2D eigenvalue weighted by molar-refractivity contribution is -0.118. The molecule has 2 rings (SSSR count). The van der Waals surface area contributed by atoms with E-state index in [-0.39, 0.29) is 29.0 Å². The minimum Gasteiger partial charge on any atom is -0.351 e. The number of carbonyl (C=O) groups excluding carboxylic acids is 1. The Kier molecular flexibility index (Phi) is 5.59. The molecule has 0 unspecified atom stereocenters. The first kappa shape index (κ1) is 15.8. The predicted octanol–water partition coefficient (Wildman–Crippen LogP) is 4.03. The molecule has 2 aromatic rings. The molecule has 0 aliphatic rings. The van der Waals surface area contributed by atoms with Crippen LogP contribution in [0.25, 0.3) is 0 Å². The second kappa shape index (κ2) is 7.43. The van der Waals surface area contributed by atoms with Crippen molar-refractivity contribution in [3.8, 4) is 0 Å². The van der Waals surface area contributed by atoms with Crippen molar-refractivity contribution in [2.75, 3.05) is 5.75 Å². The van der Waals surface area contributed by atoms with E-state index in [0.29, 0.717) is 10.5 Å². The summed E-state index contributed by atoms with van der Waals surface area (Å²) in [5.74, 6) is -0.930. The van der Waals surface area contributed by atoms with Gasteiger partial charge in [0.2, 0.25) is 5.91 Å². The lowest BCUT2D eigenvalue weighted by Crippen LogP contribution is -2.25. The van der Waals surface area contributed by atoms with Crippen molar-refractivity contribution in [3.63, 3.8) is 0 Å². The molecule has 0 radical (unpaired) electrons. The average Bonchev–Trinajstić information content (AvgIpc) is 2.47. The van der Waals surface area contributed by atoms with E-state index in [0.717, 1.165) is 0 Å². The molecule has 0 heterocycles. The van der Waals surface area contributed by atoms with Crippen LogP contribution in [0.3, 0.4) is 0 Å². The van der Waals surface area contributed by atoms with Gasteiger partial charge in [-0.15, -0.1) is 11.8 Å². The molecule has 0 atom stereocenters. The highest BCUT2D eigenvalue weighted by Crippen LogP contribution is 2.23. The molecule has 0 bridgehead atoms. The summed E-state index contributed by atoms with van der Waals surface area (Å²) in [6, 6.07) is 10.5. The van der Waals surface area contributed by atoms with Crippen LogP contribution in [0, 0.1) is 11.6 Å². The highest BCUT2D eigenvalue weighted by molar-refractivity contribution is 8.00. The van der Waals surface area contributed by atoms with Crippen LogP contribution in [0.5, 0.6) is 0 Å². The van der Waals surface area contributed by atoms with Crippen LogP contribution in [-0.4, -0.2) is 11.7 Å². The smallest absolute Gasteiger partial charge is 0.230 e. The predicted molar refractivity (Wildman–Crippen MR) is 80.4 cm³/mol. The minimum atomic E-state index is -0.495. The van der Waals surface area contributed by atoms with Crippen molar-refractivity contribution in [2.45, 2.75) is 11.4 Å². The Bertz CT molecular complexity index is 651. The summed E-state index contributed by atoms with van der Waals surface area (Å²) < 4.78 is 26.4. The fourth-order valence-electron chi connectivity index (χ4n) is 1.60. The van der Waals surface area contributed by atoms with Gasteiger partial charge in [0.05, 0.1) is 10.8 Å². The zero-order valence-electron chi connectivity index (χ0n) is 10.9. The maximum Gasteiger partial charge on any atom is 0.230 e. The summed E-state index contributed by atoms with van der Waals surface area (Å²) in [7, 11) is 0. The van der Waals surface area contributed by atoms with E-state index in [1.807, 2.05) is 0 Å². The van der Waals surface area contributed by atoms with Crippen LogP contribution in [0.1, 0.15) is 5.56 Å². The Morgan fingerprint density at radius 3 is 2.62 bits per heavy atom. The van der Waals surface area contributed by atoms with Gasteiger partial charge in [0.25, 0.3) is 0 Å². The van der Waals surface area contributed by atoms with Crippen molar-refractivity contribution in [3.05, 3.63) is 64.7 Å². The summed E-state index contributed by atoms with van der Waals surface area (Å²) in [4.78, 5) is 12.4. The van der Waals surface area contributed by atoms with Gasteiger partial charge in [0, 0.05) is 17.0 Å². The monoisotopic (exact) mass is 327 g/mol. The number of hydrogen-bond donors (Lipinski definition) is 1. The molecule has 6 heteroatoms. The van der Waals surface area contributed by atoms with E-state index < -0.39 is 5.82 Å². The van der Waals surface area contributed by atoms with Crippen LogP contribution in [0.2, 0.25) is 5.02 Å². The van der Waals surface area contributed by atoms with E-state index in [2.05, 4.69) is 5.32 Å². The van der Waals surface area contributed by atoms with Gasteiger partial charge in [-0.1, -0.05) is 29.8 Å². The third-order valence-corrected chi connectivity index (χ3v) is 3.98. The third-order valence-electron chi connectivity index (χ3n) is 2.69. The van der Waals surface area contributed by atoms with Gasteiger partial charge in [0.1, 0.15) is 11.6 Å². The number of rotatable bonds is 5. The molecule has 1 N–H and O–H groups in total. The normalized spacial score (nSPS) is 10.4. The van der Waals surface area contributed by atoms with Gasteiger partial charge in [0.15, 0.2) is 0 Å². The first-order valence-corrected chi connectivity index (χ1v) is 7.50. The van der Waals surface area contributed by atoms with Gasteiger partial charge in [-0.25, -0.2) is 8.78 Å². The van der Waals surface area contributed by atoms with E-state index in [4.69, 9.17) is 11.6 Å². The molecule has 1 amide bonds. The number of halogens is 3. The molecular formula is C15H12ClF2NOS. The molecular weight excluding hydrogens is 316 g/mol. The van der Waals surface area contributed by atoms with Crippen LogP contribution >= 0.6 is 23.4 Å². The number of nitrogens with one attached hydrogen (secondary N) is 1. The first-order chi connectivity index (χ1) is 10.1. The summed E-state index contributed by atoms with van der Waals surface area (Å²) in [6.07, 6.45) is 0. The molecule has 21 heavy (non-hydrogen) atoms. The molecule has 110 valence electrons. The minimum absolute atomic E-state index is 0.0202. The number of benzene rings is 2. The zero-order valence-corrected chi connectivity index (χ0v) is 12.5. The van der Waals surface area contributed by atoms with Crippen molar-refractivity contribution in [2.24, 2.45) is 0 Å². The van der Waals surface area contributed by atoms with E-state index in [9.17, 15) is 13.6 Å². The number of hydrogen-bond acceptors (Lipinski definition) is 2. The summed E-state index contributed by atoms with van der Waals surface area (Å²) in [5, 5.41) is 2.65. The fourth-order valence-corrected chi connectivity index (χ4v) is 2.61. The Labute approximate surface area is 130 Å². The molecule has 0 aromatic heterocycles. The molecule has 2 aromatic carbocycles. The SMILES string of the molecule is O=C(CSc1ccc(F)c(Cl)c1)NCc1ccccc1F. The molecule has 0 aliphatic heterocycles. The van der Waals surface area contributed by atoms with Crippen molar-refractivity contribution in [1.82, 2.24) is 5.32 Å². The van der Waals surface area contributed by atoms with Crippen LogP contribution in [-0.2, 0) is 11.3 Å². The fraction of sp³-hybridized carbons (Fsp3) is 0.133. The molecule has 0 saturated heterocycles. The highest BCUT2D eigenvalue weighted by Gasteiger charge is 2.07. The topological polar surface area (TPSA) is 29.1 Å². The van der Waals surface area contributed by atoms with Crippen molar-refractivity contribution < 1.29 is 13.6 Å². The van der Waals surface area contributed by atoms with E-state index >= 15 is 0 Å². The Balaban J connectivity index is 1.82. The quantitative estimate of drug-likeness (QED) is 0.840. The summed E-state index contributed by atoms with van der Waals surface area (Å²) in [5.41, 5.74) is 0.431. The average molecular weight is 328 g/mol. The van der Waals surface area contributed by atoms with Gasteiger partial charge >= 0.3 is 0 Å². The lowest BCUT2D eigenvalue weighted by Gasteiger charge is -2.06. The maximum atomic E-state index is 13.4. The van der Waals surface area contributed by atoms with Crippen LogP contribution in [0.15, 0.2) is 47.4 Å². The van der Waals surface area contributed by atoms with Gasteiger partial charge in [-0.2, -0.15) is 0 Å². The van der Waals surface area contributed by atoms with Crippen LogP contribution < -0.4 is 5.32 Å². The summed E-state index contributed by atoms with van der Waals surface area (Å²) >= 11 is 6.89. The van der Waals surface area contributed by atoms with Crippen LogP contribution in [0.4, 0.5) is 8.78 Å². The van der Waals surface area contributed by atoms with Crippen molar-refractivity contribution in [1.29, 1.82) is 0 Å². The van der Waals surface area contributed by atoms with Crippen molar-refractivity contribution >= 4 is 29.3 Å². The number of carbonyl (C=O) groups is 1. The molecule has 0 spiro atoms. The Morgan fingerprint density at radius 1 is 1.14 bits per heavy atom. The Morgan fingerprint density at radius 2 is 1.90 bits per heavy atom. The number of thioether (sulfide) groups is 1. The second-order valence-corrected chi connectivity index (χ2v) is 5.69. The molecule has 0 aliphatic carbocycles. The van der Waals surface area contributed by atoms with Gasteiger partial charge in [-0.05, 0) is 24.3 Å². The zero-order chi connectivity index (χ0) is 15.2. The molecule has 0 fully saturated rings. The Hall–Kier alpha value is -1.59. The highest BCUT2D eigenvalue weighted by atomic mass is 35.5. The second-order valence-electron chi connectivity index (χ2n) is 4.23.